The van der Waals surface area contributed by atoms with Crippen molar-refractivity contribution < 1.29 is 22.3 Å². The molecule has 1 aromatic rings. The van der Waals surface area contributed by atoms with Gasteiger partial charge in [0.2, 0.25) is 0 Å². The van der Waals surface area contributed by atoms with E-state index in [4.69, 9.17) is 0 Å². The molecule has 1 N–H and O–H groups in total. The molecule has 0 radical (unpaired) electrons. The van der Waals surface area contributed by atoms with Crippen LogP contribution >= 0.6 is 12.4 Å². The Bertz CT molecular complexity index is 521. The van der Waals surface area contributed by atoms with Crippen molar-refractivity contribution in [1.82, 2.24) is 5.32 Å². The maximum atomic E-state index is 14.9. The second-order valence-electron chi connectivity index (χ2n) is 6.14. The van der Waals surface area contributed by atoms with E-state index >= 15 is 0 Å². The molecule has 7 heteroatoms. The standard InChI is InChI=1S/C15H17F4NO.ClH/c16-14(9-13(10-14)4-6-20-7-5-13)11-2-1-3-12(8-11)21-15(17,18)19;/h1-3,8,20H,4-7,9-10H2;1H. The van der Waals surface area contributed by atoms with Crippen molar-refractivity contribution in [3.05, 3.63) is 29.8 Å². The zero-order valence-electron chi connectivity index (χ0n) is 11.9. The highest BCUT2D eigenvalue weighted by atomic mass is 35.5. The summed E-state index contributed by atoms with van der Waals surface area (Å²) in [5.41, 5.74) is -1.23. The molecule has 0 aromatic heterocycles. The van der Waals surface area contributed by atoms with Gasteiger partial charge < -0.3 is 10.1 Å². The van der Waals surface area contributed by atoms with Crippen molar-refractivity contribution in [1.29, 1.82) is 0 Å². The largest absolute Gasteiger partial charge is 0.573 e. The van der Waals surface area contributed by atoms with Crippen LogP contribution in [0.4, 0.5) is 17.6 Å². The van der Waals surface area contributed by atoms with E-state index in [0.29, 0.717) is 12.8 Å². The van der Waals surface area contributed by atoms with Crippen LogP contribution in [0.2, 0.25) is 0 Å². The Balaban J connectivity index is 0.00000176. The number of hydrogen-bond donors (Lipinski definition) is 1. The molecule has 0 bridgehead atoms. The number of benzene rings is 1. The molecule has 0 atom stereocenters. The summed E-state index contributed by atoms with van der Waals surface area (Å²) in [4.78, 5) is 0. The summed E-state index contributed by atoms with van der Waals surface area (Å²) in [6.07, 6.45) is -2.12. The lowest BCUT2D eigenvalue weighted by molar-refractivity contribution is -0.274. The minimum Gasteiger partial charge on any atom is -0.406 e. The van der Waals surface area contributed by atoms with Crippen LogP contribution in [0.5, 0.6) is 5.75 Å². The van der Waals surface area contributed by atoms with Gasteiger partial charge in [-0.1, -0.05) is 12.1 Å². The fourth-order valence-corrected chi connectivity index (χ4v) is 3.62. The highest BCUT2D eigenvalue weighted by Gasteiger charge is 2.56. The van der Waals surface area contributed by atoms with E-state index in [1.807, 2.05) is 0 Å². The third-order valence-corrected chi connectivity index (χ3v) is 4.56. The fraction of sp³-hybridized carbons (Fsp3) is 0.600. The van der Waals surface area contributed by atoms with Crippen molar-refractivity contribution in [3.63, 3.8) is 0 Å². The zero-order valence-corrected chi connectivity index (χ0v) is 12.7. The van der Waals surface area contributed by atoms with Gasteiger partial charge in [0.05, 0.1) is 0 Å². The Morgan fingerprint density at radius 2 is 1.73 bits per heavy atom. The zero-order chi connectivity index (χ0) is 15.1. The first-order valence-corrected chi connectivity index (χ1v) is 7.06. The van der Waals surface area contributed by atoms with Crippen LogP contribution in [0, 0.1) is 5.41 Å². The van der Waals surface area contributed by atoms with Gasteiger partial charge in [-0.15, -0.1) is 25.6 Å². The molecule has 2 aliphatic rings. The van der Waals surface area contributed by atoms with Crippen molar-refractivity contribution in [3.8, 4) is 5.75 Å². The monoisotopic (exact) mass is 339 g/mol. The quantitative estimate of drug-likeness (QED) is 0.809. The molecule has 22 heavy (non-hydrogen) atoms. The normalized spacial score (nSPS) is 22.5. The number of piperidine rings is 1. The second kappa shape index (κ2) is 5.89. The van der Waals surface area contributed by atoms with Crippen LogP contribution < -0.4 is 10.1 Å². The maximum Gasteiger partial charge on any atom is 0.573 e. The van der Waals surface area contributed by atoms with Crippen LogP contribution in [-0.2, 0) is 5.67 Å². The number of nitrogens with one attached hydrogen (secondary N) is 1. The van der Waals surface area contributed by atoms with Crippen molar-refractivity contribution in [2.24, 2.45) is 5.41 Å². The summed E-state index contributed by atoms with van der Waals surface area (Å²) in [5.74, 6) is -0.358. The summed E-state index contributed by atoms with van der Waals surface area (Å²) < 4.78 is 55.5. The molecule has 1 saturated carbocycles. The Morgan fingerprint density at radius 1 is 1.09 bits per heavy atom. The highest BCUT2D eigenvalue weighted by molar-refractivity contribution is 5.85. The molecule has 1 aliphatic heterocycles. The van der Waals surface area contributed by atoms with Crippen LogP contribution in [0.1, 0.15) is 31.2 Å². The molecule has 1 heterocycles. The lowest BCUT2D eigenvalue weighted by Crippen LogP contribution is -2.51. The van der Waals surface area contributed by atoms with Gasteiger partial charge in [0.15, 0.2) is 0 Å². The first-order chi connectivity index (χ1) is 9.80. The van der Waals surface area contributed by atoms with Crippen molar-refractivity contribution >= 4 is 12.4 Å². The van der Waals surface area contributed by atoms with Gasteiger partial charge in [-0.2, -0.15) is 0 Å². The van der Waals surface area contributed by atoms with E-state index in [9.17, 15) is 17.6 Å². The Labute approximate surface area is 132 Å². The minimum atomic E-state index is -4.75. The molecule has 1 saturated heterocycles. The number of rotatable bonds is 2. The Kier molecular flexibility index (Phi) is 4.64. The maximum absolute atomic E-state index is 14.9. The number of hydrogen-bond acceptors (Lipinski definition) is 2. The average molecular weight is 340 g/mol. The third-order valence-electron chi connectivity index (χ3n) is 4.56. The lowest BCUT2D eigenvalue weighted by Gasteiger charge is -2.54. The molecule has 1 aromatic carbocycles. The lowest BCUT2D eigenvalue weighted by atomic mass is 9.54. The van der Waals surface area contributed by atoms with Crippen molar-refractivity contribution in [2.45, 2.75) is 37.7 Å². The third kappa shape index (κ3) is 3.49. The molecule has 1 aliphatic carbocycles. The SMILES string of the molecule is Cl.FC(F)(F)Oc1cccc(C2(F)CC3(CCNCC3)C2)c1. The predicted molar refractivity (Wildman–Crippen MR) is 76.9 cm³/mol. The van der Waals surface area contributed by atoms with Crippen LogP contribution in [0.15, 0.2) is 24.3 Å². The Morgan fingerprint density at radius 3 is 2.32 bits per heavy atom. The van der Waals surface area contributed by atoms with Gasteiger partial charge in [-0.25, -0.2) is 4.39 Å². The smallest absolute Gasteiger partial charge is 0.406 e. The first-order valence-electron chi connectivity index (χ1n) is 7.06. The van der Waals surface area contributed by atoms with Gasteiger partial charge in [0.1, 0.15) is 11.4 Å². The predicted octanol–water partition coefficient (Wildman–Crippen LogP) is 4.34. The first kappa shape index (κ1) is 17.3. The van der Waals surface area contributed by atoms with E-state index in [0.717, 1.165) is 25.9 Å². The topological polar surface area (TPSA) is 21.3 Å². The molecule has 124 valence electrons. The van der Waals surface area contributed by atoms with Crippen LogP contribution in [0.25, 0.3) is 0 Å². The van der Waals surface area contributed by atoms with E-state index in [1.165, 1.54) is 24.3 Å². The number of ether oxygens (including phenoxy) is 1. The van der Waals surface area contributed by atoms with E-state index in [1.54, 1.807) is 0 Å². The summed E-state index contributed by atoms with van der Waals surface area (Å²) in [6.45, 7) is 1.76. The van der Waals surface area contributed by atoms with Crippen LogP contribution in [0.3, 0.4) is 0 Å². The molecule has 3 rings (SSSR count). The Hall–Kier alpha value is -1.01. The van der Waals surface area contributed by atoms with Gasteiger partial charge in [-0.3, -0.25) is 0 Å². The molecule has 2 nitrogen and oxygen atoms in total. The molecule has 1 spiro atoms. The van der Waals surface area contributed by atoms with Crippen molar-refractivity contribution in [2.75, 3.05) is 13.1 Å². The van der Waals surface area contributed by atoms with E-state index < -0.39 is 12.0 Å². The molecule has 0 amide bonds. The van der Waals surface area contributed by atoms with Gasteiger partial charge in [-0.05, 0) is 61.9 Å². The molecular weight excluding hydrogens is 322 g/mol. The molecule has 2 fully saturated rings. The van der Waals surface area contributed by atoms with Gasteiger partial charge in [0.25, 0.3) is 0 Å². The van der Waals surface area contributed by atoms with E-state index in [2.05, 4.69) is 10.1 Å². The fourth-order valence-electron chi connectivity index (χ4n) is 3.62. The number of halogens is 5. The summed E-state index contributed by atoms with van der Waals surface area (Å²) in [7, 11) is 0. The minimum absolute atomic E-state index is 0. The van der Waals surface area contributed by atoms with Gasteiger partial charge in [0, 0.05) is 0 Å². The molecular formula is C15H18ClF4NO. The average Bonchev–Trinajstić information content (AvgIpc) is 2.36. The second-order valence-corrected chi connectivity index (χ2v) is 6.14. The van der Waals surface area contributed by atoms with Crippen LogP contribution in [-0.4, -0.2) is 19.5 Å². The summed E-state index contributed by atoms with van der Waals surface area (Å²) in [6, 6.07) is 5.31. The van der Waals surface area contributed by atoms with E-state index in [-0.39, 0.29) is 29.1 Å². The summed E-state index contributed by atoms with van der Waals surface area (Å²) in [5, 5.41) is 3.24. The molecule has 0 unspecified atom stereocenters. The summed E-state index contributed by atoms with van der Waals surface area (Å²) >= 11 is 0. The number of alkyl halides is 4. The highest BCUT2D eigenvalue weighted by Crippen LogP contribution is 2.60. The van der Waals surface area contributed by atoms with Gasteiger partial charge >= 0.3 is 6.36 Å².